The zero-order valence-electron chi connectivity index (χ0n) is 17.9. The molecule has 1 aliphatic rings. The number of rotatable bonds is 8. The van der Waals surface area contributed by atoms with E-state index in [0.717, 1.165) is 29.1 Å². The van der Waals surface area contributed by atoms with E-state index in [0.29, 0.717) is 22.3 Å². The molecule has 1 fully saturated rings. The summed E-state index contributed by atoms with van der Waals surface area (Å²) < 4.78 is 33.9. The van der Waals surface area contributed by atoms with Gasteiger partial charge in [0.25, 0.3) is 0 Å². The molecule has 0 radical (unpaired) electrons. The van der Waals surface area contributed by atoms with Gasteiger partial charge in [0.05, 0.1) is 9.90 Å². The fourth-order valence-corrected chi connectivity index (χ4v) is 5.44. The normalized spacial score (nSPS) is 13.6. The Morgan fingerprint density at radius 1 is 1.03 bits per heavy atom. The highest BCUT2D eigenvalue weighted by molar-refractivity contribution is 7.89. The highest BCUT2D eigenvalue weighted by Gasteiger charge is 2.28. The first kappa shape index (κ1) is 21.6. The Labute approximate surface area is 196 Å². The number of hydrogen-bond donors (Lipinski definition) is 2. The quantitative estimate of drug-likeness (QED) is 0.348. The predicted octanol–water partition coefficient (Wildman–Crippen LogP) is 5.49. The van der Waals surface area contributed by atoms with Crippen molar-refractivity contribution in [1.29, 1.82) is 0 Å². The molecular weight excluding hydrogens is 456 g/mol. The van der Waals surface area contributed by atoms with Gasteiger partial charge in [-0.3, -0.25) is 0 Å². The lowest BCUT2D eigenvalue weighted by atomic mass is 10.2. The summed E-state index contributed by atoms with van der Waals surface area (Å²) >= 11 is 1.48. The Kier molecular flexibility index (Phi) is 5.84. The Morgan fingerprint density at radius 3 is 2.64 bits per heavy atom. The number of benzene rings is 2. The van der Waals surface area contributed by atoms with Crippen molar-refractivity contribution < 1.29 is 13.2 Å². The summed E-state index contributed by atoms with van der Waals surface area (Å²) in [5.41, 5.74) is 2.41. The van der Waals surface area contributed by atoms with E-state index in [9.17, 15) is 8.42 Å². The third-order valence-electron chi connectivity index (χ3n) is 5.01. The van der Waals surface area contributed by atoms with Crippen LogP contribution >= 0.6 is 11.3 Å². The van der Waals surface area contributed by atoms with Gasteiger partial charge >= 0.3 is 0 Å². The molecule has 0 saturated heterocycles. The lowest BCUT2D eigenvalue weighted by Gasteiger charge is -2.11. The van der Waals surface area contributed by atoms with Crippen LogP contribution in [0.5, 0.6) is 10.8 Å². The van der Waals surface area contributed by atoms with E-state index < -0.39 is 10.0 Å². The van der Waals surface area contributed by atoms with Crippen molar-refractivity contribution >= 4 is 32.9 Å². The van der Waals surface area contributed by atoms with Gasteiger partial charge < -0.3 is 10.1 Å². The van der Waals surface area contributed by atoms with Gasteiger partial charge in [0, 0.05) is 29.6 Å². The minimum absolute atomic E-state index is 0.0540. The molecule has 2 heterocycles. The Balaban J connectivity index is 1.35. The molecule has 2 N–H and O–H groups in total. The largest absolute Gasteiger partial charge is 0.444 e. The first-order chi connectivity index (χ1) is 16.0. The minimum Gasteiger partial charge on any atom is -0.444 e. The zero-order valence-corrected chi connectivity index (χ0v) is 19.5. The molecule has 0 amide bonds. The van der Waals surface area contributed by atoms with E-state index >= 15 is 0 Å². The van der Waals surface area contributed by atoms with E-state index in [-0.39, 0.29) is 10.9 Å². The standard InChI is InChI=1S/C24H22N4O3S2/c1-16-26-23(17-6-3-2-4-7-17)24(32-16)31-20-12-13-25-22(15-20)27-19-8-5-9-21(14-19)33(29,30)28-18-10-11-18/h2-9,12-15,18,28H,10-11H2,1H3,(H,25,27). The smallest absolute Gasteiger partial charge is 0.240 e. The number of aryl methyl sites for hydroxylation is 1. The molecule has 1 aliphatic carbocycles. The number of aromatic nitrogens is 2. The first-order valence-electron chi connectivity index (χ1n) is 10.5. The summed E-state index contributed by atoms with van der Waals surface area (Å²) in [5.74, 6) is 1.15. The SMILES string of the molecule is Cc1nc(-c2ccccc2)c(Oc2ccnc(Nc3cccc(S(=O)(=O)NC4CC4)c3)c2)s1. The number of pyridine rings is 1. The van der Waals surface area contributed by atoms with Crippen molar-refractivity contribution in [3.8, 4) is 22.1 Å². The second kappa shape index (κ2) is 8.93. The monoisotopic (exact) mass is 478 g/mol. The Bertz CT molecular complexity index is 1380. The van der Waals surface area contributed by atoms with Crippen LogP contribution in [-0.4, -0.2) is 24.4 Å². The van der Waals surface area contributed by atoms with Crippen LogP contribution in [0.25, 0.3) is 11.3 Å². The second-order valence-corrected chi connectivity index (χ2v) is 10.6. The molecular formula is C24H22N4O3S2. The summed E-state index contributed by atoms with van der Waals surface area (Å²) in [5, 5.41) is 4.78. The van der Waals surface area contributed by atoms with Crippen LogP contribution in [-0.2, 0) is 10.0 Å². The number of nitrogens with zero attached hydrogens (tertiary/aromatic N) is 2. The van der Waals surface area contributed by atoms with Gasteiger partial charge in [-0.25, -0.2) is 23.1 Å². The van der Waals surface area contributed by atoms with E-state index in [1.165, 1.54) is 11.3 Å². The third kappa shape index (κ3) is 5.22. The van der Waals surface area contributed by atoms with Crippen LogP contribution in [0.1, 0.15) is 17.8 Å². The number of hydrogen-bond acceptors (Lipinski definition) is 7. The van der Waals surface area contributed by atoms with Gasteiger partial charge in [-0.15, -0.1) is 0 Å². The van der Waals surface area contributed by atoms with Gasteiger partial charge in [0.1, 0.15) is 17.3 Å². The molecule has 4 aromatic rings. The van der Waals surface area contributed by atoms with Crippen molar-refractivity contribution in [3.05, 3.63) is 77.9 Å². The van der Waals surface area contributed by atoms with Crippen LogP contribution in [0, 0.1) is 6.92 Å². The van der Waals surface area contributed by atoms with E-state index in [1.54, 1.807) is 42.6 Å². The molecule has 1 saturated carbocycles. The van der Waals surface area contributed by atoms with Crippen LogP contribution < -0.4 is 14.8 Å². The van der Waals surface area contributed by atoms with Gasteiger partial charge in [-0.05, 0) is 44.0 Å². The van der Waals surface area contributed by atoms with Crippen molar-refractivity contribution in [3.63, 3.8) is 0 Å². The van der Waals surface area contributed by atoms with E-state index in [1.807, 2.05) is 37.3 Å². The molecule has 2 aromatic heterocycles. The van der Waals surface area contributed by atoms with Gasteiger partial charge in [0.15, 0.2) is 0 Å². The summed E-state index contributed by atoms with van der Waals surface area (Å²) in [6.45, 7) is 1.95. The molecule has 0 bridgehead atoms. The molecule has 0 unspecified atom stereocenters. The maximum Gasteiger partial charge on any atom is 0.240 e. The number of ether oxygens (including phenoxy) is 1. The van der Waals surface area contributed by atoms with Gasteiger partial charge in [-0.2, -0.15) is 0 Å². The molecule has 0 spiro atoms. The van der Waals surface area contributed by atoms with Crippen molar-refractivity contribution in [2.75, 3.05) is 5.32 Å². The number of sulfonamides is 1. The van der Waals surface area contributed by atoms with Crippen LogP contribution in [0.4, 0.5) is 11.5 Å². The predicted molar refractivity (Wildman–Crippen MR) is 130 cm³/mol. The average molecular weight is 479 g/mol. The van der Waals surface area contributed by atoms with E-state index in [2.05, 4.69) is 20.0 Å². The van der Waals surface area contributed by atoms with Gasteiger partial charge in [-0.1, -0.05) is 47.7 Å². The zero-order chi connectivity index (χ0) is 22.8. The number of anilines is 2. The molecule has 7 nitrogen and oxygen atoms in total. The maximum atomic E-state index is 12.5. The second-order valence-electron chi connectivity index (χ2n) is 7.76. The molecule has 5 rings (SSSR count). The molecule has 33 heavy (non-hydrogen) atoms. The van der Waals surface area contributed by atoms with Crippen molar-refractivity contribution in [2.24, 2.45) is 0 Å². The summed E-state index contributed by atoms with van der Waals surface area (Å²) in [7, 11) is -3.53. The summed E-state index contributed by atoms with van der Waals surface area (Å²) in [4.78, 5) is 9.19. The van der Waals surface area contributed by atoms with Crippen LogP contribution in [0.2, 0.25) is 0 Å². The highest BCUT2D eigenvalue weighted by Crippen LogP contribution is 2.38. The average Bonchev–Trinajstić information content (AvgIpc) is 3.54. The van der Waals surface area contributed by atoms with Gasteiger partial charge in [0.2, 0.25) is 15.1 Å². The third-order valence-corrected chi connectivity index (χ3v) is 7.38. The Hall–Kier alpha value is -3.27. The van der Waals surface area contributed by atoms with E-state index in [4.69, 9.17) is 4.74 Å². The van der Waals surface area contributed by atoms with Crippen LogP contribution in [0.3, 0.4) is 0 Å². The fourth-order valence-electron chi connectivity index (χ4n) is 3.28. The topological polar surface area (TPSA) is 93.2 Å². The first-order valence-corrected chi connectivity index (χ1v) is 12.8. The Morgan fingerprint density at radius 2 is 1.85 bits per heavy atom. The number of thiazole rings is 1. The van der Waals surface area contributed by atoms with Crippen LogP contribution in [0.15, 0.2) is 77.8 Å². The fraction of sp³-hybridized carbons (Fsp3) is 0.167. The number of nitrogens with one attached hydrogen (secondary N) is 2. The lowest BCUT2D eigenvalue weighted by Crippen LogP contribution is -2.25. The molecule has 0 aliphatic heterocycles. The minimum atomic E-state index is -3.53. The highest BCUT2D eigenvalue weighted by atomic mass is 32.2. The molecule has 168 valence electrons. The summed E-state index contributed by atoms with van der Waals surface area (Å²) in [6.07, 6.45) is 3.42. The van der Waals surface area contributed by atoms with Crippen molar-refractivity contribution in [1.82, 2.24) is 14.7 Å². The maximum absolute atomic E-state index is 12.5. The lowest BCUT2D eigenvalue weighted by molar-refractivity contribution is 0.496. The summed E-state index contributed by atoms with van der Waals surface area (Å²) in [6, 6.07) is 20.2. The van der Waals surface area contributed by atoms with Crippen molar-refractivity contribution in [2.45, 2.75) is 30.7 Å². The molecule has 2 aromatic carbocycles. The molecule has 0 atom stereocenters. The molecule has 9 heteroatoms.